The fourth-order valence-corrected chi connectivity index (χ4v) is 1.31. The molecule has 0 bridgehead atoms. The summed E-state index contributed by atoms with van der Waals surface area (Å²) < 4.78 is 0. The van der Waals surface area contributed by atoms with E-state index in [0.717, 1.165) is 12.1 Å². The normalized spacial score (nSPS) is 9.61. The van der Waals surface area contributed by atoms with Gasteiger partial charge in [0.25, 0.3) is 0 Å². The average Bonchev–Trinajstić information content (AvgIpc) is 2.48. The van der Waals surface area contributed by atoms with E-state index in [-0.39, 0.29) is 0 Å². The highest BCUT2D eigenvalue weighted by molar-refractivity contribution is 5.48. The Bertz CT molecular complexity index is 457. The third-order valence-electron chi connectivity index (χ3n) is 2.24. The summed E-state index contributed by atoms with van der Waals surface area (Å²) in [6.07, 6.45) is 8.88. The van der Waals surface area contributed by atoms with Crippen molar-refractivity contribution < 1.29 is 0 Å². The monoisotopic (exact) mass is 237 g/mol. The predicted octanol–water partition coefficient (Wildman–Crippen LogP) is 4.83. The first-order valence-corrected chi connectivity index (χ1v) is 6.12. The van der Waals surface area contributed by atoms with Gasteiger partial charge < -0.3 is 0 Å². The summed E-state index contributed by atoms with van der Waals surface area (Å²) in [6, 6.07) is 16.1. The Kier molecular flexibility index (Phi) is 6.91. The van der Waals surface area contributed by atoms with Crippen molar-refractivity contribution in [1.29, 1.82) is 0 Å². The van der Waals surface area contributed by atoms with Crippen LogP contribution in [-0.4, -0.2) is 4.98 Å². The summed E-state index contributed by atoms with van der Waals surface area (Å²) in [5.74, 6) is 0. The largest absolute Gasteiger partial charge is 0.257 e. The summed E-state index contributed by atoms with van der Waals surface area (Å²) in [4.78, 5) is 3.98. The van der Waals surface area contributed by atoms with Crippen LogP contribution in [0.5, 0.6) is 0 Å². The van der Waals surface area contributed by atoms with Crippen LogP contribution in [0.4, 0.5) is 0 Å². The lowest BCUT2D eigenvalue weighted by atomic mass is 10.2. The molecule has 1 aromatic carbocycles. The van der Waals surface area contributed by atoms with E-state index >= 15 is 0 Å². The molecule has 1 aromatic heterocycles. The second-order valence-electron chi connectivity index (χ2n) is 3.68. The van der Waals surface area contributed by atoms with Gasteiger partial charge in [0.05, 0.1) is 5.69 Å². The highest BCUT2D eigenvalue weighted by atomic mass is 14.6. The molecule has 1 heterocycles. The molecule has 1 nitrogen and oxygen atoms in total. The Labute approximate surface area is 110 Å². The lowest BCUT2D eigenvalue weighted by Gasteiger charge is -1.88. The maximum absolute atomic E-state index is 3.98. The van der Waals surface area contributed by atoms with Crippen molar-refractivity contribution in [2.75, 3.05) is 0 Å². The molecule has 1 heteroatoms. The number of aromatic nitrogens is 1. The molecule has 0 amide bonds. The zero-order valence-corrected chi connectivity index (χ0v) is 10.8. The van der Waals surface area contributed by atoms with Gasteiger partial charge in [-0.3, -0.25) is 4.98 Å². The molecule has 0 N–H and O–H groups in total. The van der Waals surface area contributed by atoms with Crippen molar-refractivity contribution in [3.63, 3.8) is 0 Å². The molecule has 0 saturated heterocycles. The van der Waals surface area contributed by atoms with E-state index < -0.39 is 0 Å². The number of hydrogen-bond acceptors (Lipinski definition) is 1. The van der Waals surface area contributed by atoms with Crippen LogP contribution in [-0.2, 0) is 0 Å². The molecule has 0 saturated carbocycles. The van der Waals surface area contributed by atoms with Crippen LogP contribution in [0.15, 0.2) is 67.4 Å². The summed E-state index contributed by atoms with van der Waals surface area (Å²) >= 11 is 0. The van der Waals surface area contributed by atoms with E-state index in [4.69, 9.17) is 0 Å². The van der Waals surface area contributed by atoms with Crippen LogP contribution in [0.3, 0.4) is 0 Å². The number of allylic oxidation sites excluding steroid dienone is 1. The first kappa shape index (κ1) is 13.9. The Hall–Kier alpha value is -2.15. The predicted molar refractivity (Wildman–Crippen MR) is 80.1 cm³/mol. The van der Waals surface area contributed by atoms with Gasteiger partial charge >= 0.3 is 0 Å². The van der Waals surface area contributed by atoms with Crippen LogP contribution in [0.25, 0.3) is 12.2 Å². The SMILES string of the molecule is C=Cc1ccccn1.CCC=Cc1ccccc1. The zero-order chi connectivity index (χ0) is 13.1. The summed E-state index contributed by atoms with van der Waals surface area (Å²) in [7, 11) is 0. The van der Waals surface area contributed by atoms with E-state index in [0.29, 0.717) is 0 Å². The zero-order valence-electron chi connectivity index (χ0n) is 10.8. The van der Waals surface area contributed by atoms with Crippen molar-refractivity contribution in [3.8, 4) is 0 Å². The van der Waals surface area contributed by atoms with E-state index in [1.807, 2.05) is 24.3 Å². The minimum Gasteiger partial charge on any atom is -0.257 e. The maximum atomic E-state index is 3.98. The fourth-order valence-electron chi connectivity index (χ4n) is 1.31. The fraction of sp³-hybridized carbons (Fsp3) is 0.118. The second kappa shape index (κ2) is 8.94. The van der Waals surface area contributed by atoms with Crippen LogP contribution >= 0.6 is 0 Å². The molecule has 0 aliphatic carbocycles. The Morgan fingerprint density at radius 1 is 1.06 bits per heavy atom. The van der Waals surface area contributed by atoms with Gasteiger partial charge in [-0.15, -0.1) is 0 Å². The van der Waals surface area contributed by atoms with E-state index in [2.05, 4.69) is 54.9 Å². The van der Waals surface area contributed by atoms with Crippen LogP contribution < -0.4 is 0 Å². The van der Waals surface area contributed by atoms with Gasteiger partial charge in [0.2, 0.25) is 0 Å². The number of nitrogens with zero attached hydrogens (tertiary/aromatic N) is 1. The van der Waals surface area contributed by atoms with Crippen molar-refractivity contribution in [2.45, 2.75) is 13.3 Å². The van der Waals surface area contributed by atoms with E-state index in [1.54, 1.807) is 12.3 Å². The lowest BCUT2D eigenvalue weighted by Crippen LogP contribution is -1.73. The molecule has 0 atom stereocenters. The molecule has 0 fully saturated rings. The first-order valence-electron chi connectivity index (χ1n) is 6.12. The van der Waals surface area contributed by atoms with Gasteiger partial charge in [-0.25, -0.2) is 0 Å². The molecule has 2 rings (SSSR count). The van der Waals surface area contributed by atoms with Gasteiger partial charge in [-0.2, -0.15) is 0 Å². The van der Waals surface area contributed by atoms with E-state index in [9.17, 15) is 0 Å². The Morgan fingerprint density at radius 3 is 2.28 bits per heavy atom. The lowest BCUT2D eigenvalue weighted by molar-refractivity contribution is 1.23. The second-order valence-corrected chi connectivity index (χ2v) is 3.68. The number of rotatable bonds is 3. The third kappa shape index (κ3) is 5.80. The Morgan fingerprint density at radius 2 is 1.78 bits per heavy atom. The number of benzene rings is 1. The molecule has 0 radical (unpaired) electrons. The highest BCUT2D eigenvalue weighted by Gasteiger charge is 1.79. The molecule has 92 valence electrons. The summed E-state index contributed by atoms with van der Waals surface area (Å²) in [5.41, 5.74) is 2.21. The van der Waals surface area contributed by atoms with Gasteiger partial charge in [0.1, 0.15) is 0 Å². The molecule has 18 heavy (non-hydrogen) atoms. The highest BCUT2D eigenvalue weighted by Crippen LogP contribution is 2.00. The standard InChI is InChI=1S/C10H12.C7H7N/c1-2-3-7-10-8-5-4-6-9-10;1-2-7-5-3-4-6-8-7/h3-9H,2H2,1H3;2-6H,1H2. The van der Waals surface area contributed by atoms with Crippen molar-refractivity contribution in [3.05, 3.63) is 78.6 Å². The average molecular weight is 237 g/mol. The van der Waals surface area contributed by atoms with Crippen LogP contribution in [0, 0.1) is 0 Å². The van der Waals surface area contributed by atoms with Crippen molar-refractivity contribution in [2.24, 2.45) is 0 Å². The van der Waals surface area contributed by atoms with Crippen LogP contribution in [0.2, 0.25) is 0 Å². The van der Waals surface area contributed by atoms with Gasteiger partial charge in [-0.05, 0) is 30.2 Å². The van der Waals surface area contributed by atoms with Crippen molar-refractivity contribution >= 4 is 12.2 Å². The minimum absolute atomic E-state index is 0.924. The molecular formula is C17H19N. The number of pyridine rings is 1. The molecule has 0 unspecified atom stereocenters. The van der Waals surface area contributed by atoms with Gasteiger partial charge in [0.15, 0.2) is 0 Å². The maximum Gasteiger partial charge on any atom is 0.0623 e. The summed E-state index contributed by atoms with van der Waals surface area (Å²) in [6.45, 7) is 5.71. The first-order chi connectivity index (χ1) is 8.86. The molecule has 2 aromatic rings. The molecule has 0 spiro atoms. The molecular weight excluding hydrogens is 218 g/mol. The number of hydrogen-bond donors (Lipinski definition) is 0. The Balaban J connectivity index is 0.000000184. The van der Waals surface area contributed by atoms with Gasteiger partial charge in [-0.1, -0.05) is 62.1 Å². The minimum atomic E-state index is 0.924. The van der Waals surface area contributed by atoms with Crippen molar-refractivity contribution in [1.82, 2.24) is 4.98 Å². The molecule has 0 aliphatic heterocycles. The quantitative estimate of drug-likeness (QED) is 0.744. The van der Waals surface area contributed by atoms with Gasteiger partial charge in [0, 0.05) is 6.20 Å². The third-order valence-corrected chi connectivity index (χ3v) is 2.24. The van der Waals surface area contributed by atoms with Crippen LogP contribution in [0.1, 0.15) is 24.6 Å². The smallest absolute Gasteiger partial charge is 0.0623 e. The van der Waals surface area contributed by atoms with E-state index in [1.165, 1.54) is 5.56 Å². The molecule has 0 aliphatic rings. The summed E-state index contributed by atoms with van der Waals surface area (Å²) in [5, 5.41) is 0. The topological polar surface area (TPSA) is 12.9 Å².